The summed E-state index contributed by atoms with van der Waals surface area (Å²) in [5.74, 6) is -0.106. The Morgan fingerprint density at radius 2 is 1.54 bits per heavy atom. The van der Waals surface area contributed by atoms with Crippen LogP contribution in [-0.4, -0.2) is 37.1 Å². The predicted molar refractivity (Wildman–Crippen MR) is 101 cm³/mol. The van der Waals surface area contributed by atoms with Crippen molar-refractivity contribution >= 4 is 5.97 Å². The molecule has 0 radical (unpaired) electrons. The molecular formula is C21H35NO2. The van der Waals surface area contributed by atoms with Gasteiger partial charge in [-0.3, -0.25) is 9.69 Å². The van der Waals surface area contributed by atoms with Gasteiger partial charge in [-0.15, -0.1) is 0 Å². The normalized spacial score (nSPS) is 12.3. The molecule has 0 aliphatic carbocycles. The first kappa shape index (κ1) is 20.7. The second kappa shape index (κ2) is 13.0. The van der Waals surface area contributed by atoms with Gasteiger partial charge in [0.25, 0.3) is 0 Å². The van der Waals surface area contributed by atoms with Crippen LogP contribution in [0.4, 0.5) is 0 Å². The van der Waals surface area contributed by atoms with Gasteiger partial charge in [0.05, 0.1) is 7.11 Å². The highest BCUT2D eigenvalue weighted by Crippen LogP contribution is 2.14. The molecule has 0 N–H and O–H groups in total. The Hall–Kier alpha value is -1.35. The van der Waals surface area contributed by atoms with Gasteiger partial charge in [0.1, 0.15) is 6.04 Å². The number of nitrogens with zero attached hydrogens (tertiary/aromatic N) is 1. The van der Waals surface area contributed by atoms with Gasteiger partial charge in [0, 0.05) is 0 Å². The molecule has 0 bridgehead atoms. The third-order valence-corrected chi connectivity index (χ3v) is 4.53. The average Bonchev–Trinajstić information content (AvgIpc) is 2.62. The fourth-order valence-electron chi connectivity index (χ4n) is 3.06. The minimum atomic E-state index is -0.170. The van der Waals surface area contributed by atoms with Crippen LogP contribution in [0.1, 0.15) is 64.4 Å². The van der Waals surface area contributed by atoms with Crippen molar-refractivity contribution < 1.29 is 9.53 Å². The maximum absolute atomic E-state index is 12.4. The Labute approximate surface area is 148 Å². The van der Waals surface area contributed by atoms with Crippen molar-refractivity contribution in [2.24, 2.45) is 0 Å². The van der Waals surface area contributed by atoms with Crippen molar-refractivity contribution in [3.8, 4) is 0 Å². The highest BCUT2D eigenvalue weighted by Gasteiger charge is 2.26. The molecule has 0 saturated heterocycles. The van der Waals surface area contributed by atoms with E-state index in [9.17, 15) is 4.79 Å². The monoisotopic (exact) mass is 333 g/mol. The Kier molecular flexibility index (Phi) is 11.2. The van der Waals surface area contributed by atoms with E-state index < -0.39 is 0 Å². The minimum Gasteiger partial charge on any atom is -0.468 e. The topological polar surface area (TPSA) is 29.5 Å². The first-order valence-electron chi connectivity index (χ1n) is 9.58. The molecule has 0 aliphatic rings. The molecule has 0 fully saturated rings. The van der Waals surface area contributed by atoms with E-state index in [1.54, 1.807) is 0 Å². The van der Waals surface area contributed by atoms with E-state index in [0.29, 0.717) is 0 Å². The van der Waals surface area contributed by atoms with Gasteiger partial charge in [-0.25, -0.2) is 0 Å². The Bertz CT molecular complexity index is 433. The van der Waals surface area contributed by atoms with Crippen LogP contribution in [0.15, 0.2) is 30.3 Å². The number of carbonyl (C=O) groups is 1. The van der Waals surface area contributed by atoms with E-state index in [0.717, 1.165) is 32.4 Å². The predicted octanol–water partition coefficient (Wildman–Crippen LogP) is 4.84. The summed E-state index contributed by atoms with van der Waals surface area (Å²) >= 11 is 0. The maximum Gasteiger partial charge on any atom is 0.323 e. The quantitative estimate of drug-likeness (QED) is 0.382. The van der Waals surface area contributed by atoms with E-state index in [4.69, 9.17) is 4.74 Å². The SMILES string of the molecule is CCCCCCN(CCCCC)[C@@H](Cc1ccccc1)C(=O)OC. The summed E-state index contributed by atoms with van der Waals surface area (Å²) in [4.78, 5) is 14.8. The molecule has 0 spiro atoms. The third kappa shape index (κ3) is 7.96. The van der Waals surface area contributed by atoms with Crippen LogP contribution in [0.2, 0.25) is 0 Å². The molecule has 1 rings (SSSR count). The number of ether oxygens (including phenoxy) is 1. The average molecular weight is 334 g/mol. The van der Waals surface area contributed by atoms with E-state index in [2.05, 4.69) is 30.9 Å². The number of methoxy groups -OCH3 is 1. The molecule has 0 aromatic heterocycles. The third-order valence-electron chi connectivity index (χ3n) is 4.53. The molecule has 0 amide bonds. The first-order chi connectivity index (χ1) is 11.7. The fraction of sp³-hybridized carbons (Fsp3) is 0.667. The zero-order chi connectivity index (χ0) is 17.6. The van der Waals surface area contributed by atoms with Gasteiger partial charge < -0.3 is 4.74 Å². The molecule has 0 aliphatic heterocycles. The lowest BCUT2D eigenvalue weighted by atomic mass is 10.0. The van der Waals surface area contributed by atoms with Gasteiger partial charge in [-0.2, -0.15) is 0 Å². The maximum atomic E-state index is 12.4. The van der Waals surface area contributed by atoms with Crippen LogP contribution < -0.4 is 0 Å². The van der Waals surface area contributed by atoms with E-state index >= 15 is 0 Å². The lowest BCUT2D eigenvalue weighted by molar-refractivity contribution is -0.147. The summed E-state index contributed by atoms with van der Waals surface area (Å²) in [6.07, 6.45) is 9.18. The molecule has 24 heavy (non-hydrogen) atoms. The van der Waals surface area contributed by atoms with Crippen molar-refractivity contribution in [2.45, 2.75) is 71.3 Å². The molecule has 1 aromatic carbocycles. The number of unbranched alkanes of at least 4 members (excludes halogenated alkanes) is 5. The smallest absolute Gasteiger partial charge is 0.323 e. The molecule has 0 saturated carbocycles. The van der Waals surface area contributed by atoms with Crippen LogP contribution >= 0.6 is 0 Å². The van der Waals surface area contributed by atoms with Gasteiger partial charge in [0.15, 0.2) is 0 Å². The Morgan fingerprint density at radius 3 is 2.12 bits per heavy atom. The van der Waals surface area contributed by atoms with Crippen LogP contribution in [0.25, 0.3) is 0 Å². The summed E-state index contributed by atoms with van der Waals surface area (Å²) in [5.41, 5.74) is 1.20. The van der Waals surface area contributed by atoms with Gasteiger partial charge in [0.2, 0.25) is 0 Å². The van der Waals surface area contributed by atoms with Gasteiger partial charge in [-0.05, 0) is 37.9 Å². The molecule has 3 nitrogen and oxygen atoms in total. The number of benzene rings is 1. The summed E-state index contributed by atoms with van der Waals surface area (Å²) in [6, 6.07) is 10.1. The summed E-state index contributed by atoms with van der Waals surface area (Å²) in [7, 11) is 1.50. The lowest BCUT2D eigenvalue weighted by Crippen LogP contribution is -2.44. The Morgan fingerprint density at radius 1 is 0.958 bits per heavy atom. The summed E-state index contributed by atoms with van der Waals surface area (Å²) < 4.78 is 5.12. The van der Waals surface area contributed by atoms with Gasteiger partial charge >= 0.3 is 5.97 Å². The van der Waals surface area contributed by atoms with Crippen LogP contribution in [0, 0.1) is 0 Å². The summed E-state index contributed by atoms with van der Waals surface area (Å²) in [5, 5.41) is 0. The summed E-state index contributed by atoms with van der Waals surface area (Å²) in [6.45, 7) is 6.40. The van der Waals surface area contributed by atoms with Gasteiger partial charge in [-0.1, -0.05) is 76.3 Å². The van der Waals surface area contributed by atoms with Crippen molar-refractivity contribution in [1.29, 1.82) is 0 Å². The zero-order valence-corrected chi connectivity index (χ0v) is 15.8. The van der Waals surface area contributed by atoms with Crippen molar-refractivity contribution in [3.05, 3.63) is 35.9 Å². The molecule has 1 atom stereocenters. The second-order valence-electron chi connectivity index (χ2n) is 6.53. The Balaban J connectivity index is 2.76. The standard InChI is InChI=1S/C21H35NO2/c1-4-6-8-13-17-22(16-12-7-5-2)20(21(23)24-3)18-19-14-10-9-11-15-19/h9-11,14-15,20H,4-8,12-13,16-18H2,1-3H3/t20-/m0/s1. The highest BCUT2D eigenvalue weighted by atomic mass is 16.5. The first-order valence-corrected chi connectivity index (χ1v) is 9.58. The largest absolute Gasteiger partial charge is 0.468 e. The van der Waals surface area contributed by atoms with E-state index in [-0.39, 0.29) is 12.0 Å². The number of hydrogen-bond donors (Lipinski definition) is 0. The number of esters is 1. The molecule has 1 aromatic rings. The fourth-order valence-corrected chi connectivity index (χ4v) is 3.06. The van der Waals surface area contributed by atoms with Crippen molar-refractivity contribution in [2.75, 3.05) is 20.2 Å². The van der Waals surface area contributed by atoms with Crippen molar-refractivity contribution in [3.63, 3.8) is 0 Å². The lowest BCUT2D eigenvalue weighted by Gasteiger charge is -2.30. The molecule has 0 heterocycles. The molecule has 0 unspecified atom stereocenters. The molecular weight excluding hydrogens is 298 g/mol. The number of hydrogen-bond acceptors (Lipinski definition) is 3. The van der Waals surface area contributed by atoms with Crippen LogP contribution in [-0.2, 0) is 16.0 Å². The number of carbonyl (C=O) groups excluding carboxylic acids is 1. The molecule has 136 valence electrons. The highest BCUT2D eigenvalue weighted by molar-refractivity contribution is 5.76. The van der Waals surface area contributed by atoms with Crippen molar-refractivity contribution in [1.82, 2.24) is 4.90 Å². The molecule has 3 heteroatoms. The van der Waals surface area contributed by atoms with Crippen LogP contribution in [0.3, 0.4) is 0 Å². The van der Waals surface area contributed by atoms with E-state index in [1.165, 1.54) is 44.8 Å². The minimum absolute atomic E-state index is 0.106. The second-order valence-corrected chi connectivity index (χ2v) is 6.53. The van der Waals surface area contributed by atoms with Crippen LogP contribution in [0.5, 0.6) is 0 Å². The van der Waals surface area contributed by atoms with E-state index in [1.807, 2.05) is 18.2 Å². The zero-order valence-electron chi connectivity index (χ0n) is 15.8. The number of rotatable bonds is 13.